The summed E-state index contributed by atoms with van der Waals surface area (Å²) in [7, 11) is 0. The van der Waals surface area contributed by atoms with E-state index in [2.05, 4.69) is 254 Å². The van der Waals surface area contributed by atoms with Crippen molar-refractivity contribution in [2.45, 2.75) is 180 Å². The predicted molar refractivity (Wildman–Crippen MR) is 368 cm³/mol. The molecule has 4 aromatic heterocycles. The molecule has 0 atom stereocenters. The topological polar surface area (TPSA) is 147 Å². The van der Waals surface area contributed by atoms with Gasteiger partial charge in [-0.05, 0) is 170 Å². The number of H-pyrrole nitrogens is 3. The molecule has 5 aliphatic rings. The lowest BCUT2D eigenvalue weighted by molar-refractivity contribution is -0.143. The number of hydrogen-bond donors (Lipinski definition) is 3. The van der Waals surface area contributed by atoms with Crippen LogP contribution in [-0.4, -0.2) is 55.2 Å². The molecule has 0 fully saturated rings. The fourth-order valence-electron chi connectivity index (χ4n) is 12.8. The van der Waals surface area contributed by atoms with E-state index in [-0.39, 0.29) is 36.3 Å². The van der Waals surface area contributed by atoms with Crippen LogP contribution in [0.2, 0.25) is 0 Å². The molecule has 4 aliphatic carbocycles. The Morgan fingerprint density at radius 3 is 0.700 bits per heavy atom. The summed E-state index contributed by atoms with van der Waals surface area (Å²) < 4.78 is 7.96. The quantitative estimate of drug-likeness (QED) is 0.153. The number of ketones is 4. The Hall–Kier alpha value is -7.85. The molecule has 0 unspecified atom stereocenters. The predicted octanol–water partition coefficient (Wildman–Crippen LogP) is 18.7. The molecular weight excluding hydrogens is 1110 g/mol. The minimum atomic E-state index is -0.564. The second-order valence-electron chi connectivity index (χ2n) is 33.5. The van der Waals surface area contributed by atoms with Crippen molar-refractivity contribution in [3.8, 4) is 0 Å². The number of fused-ring (bicyclic) bond motifs is 8. The summed E-state index contributed by atoms with van der Waals surface area (Å²) in [4.78, 5) is 86.1. The average Bonchev–Trinajstić information content (AvgIpc) is 1.45. The van der Waals surface area contributed by atoms with E-state index in [1.807, 2.05) is 35.8 Å². The van der Waals surface area contributed by atoms with Crippen LogP contribution in [-0.2, 0) is 35.3 Å². The van der Waals surface area contributed by atoms with Crippen LogP contribution in [0.15, 0.2) is 164 Å². The van der Waals surface area contributed by atoms with Crippen molar-refractivity contribution >= 4 is 51.4 Å². The number of allylic oxidation sites excluding steroid dienone is 20. The van der Waals surface area contributed by atoms with Crippen LogP contribution >= 0.6 is 0 Å². The smallest absolute Gasteiger partial charge is 0.325 e. The fraction of sp³-hybridized carbons (Fsp3) is 0.438. The van der Waals surface area contributed by atoms with Crippen LogP contribution in [0.5, 0.6) is 0 Å². The van der Waals surface area contributed by atoms with Crippen molar-refractivity contribution in [3.63, 3.8) is 0 Å². The van der Waals surface area contributed by atoms with E-state index in [9.17, 15) is 24.0 Å². The first-order valence-electron chi connectivity index (χ1n) is 32.1. The molecule has 5 heterocycles. The van der Waals surface area contributed by atoms with E-state index in [1.54, 1.807) is 0 Å². The van der Waals surface area contributed by atoms with Crippen LogP contribution in [0.25, 0.3) is 22.3 Å². The summed E-state index contributed by atoms with van der Waals surface area (Å²) in [5.41, 5.74) is 13.1. The first kappa shape index (κ1) is 66.6. The summed E-state index contributed by atoms with van der Waals surface area (Å²) in [6, 6.07) is 16.7. The first-order valence-corrected chi connectivity index (χ1v) is 32.1. The van der Waals surface area contributed by atoms with Gasteiger partial charge in [-0.3, -0.25) is 24.0 Å². The van der Waals surface area contributed by atoms with Gasteiger partial charge in [-0.25, -0.2) is 0 Å². The number of carbonyl (C=O) groups is 5. The number of rotatable bonds is 3. The number of aromatic amines is 3. The van der Waals surface area contributed by atoms with Crippen molar-refractivity contribution in [3.05, 3.63) is 210 Å². The molecule has 0 aromatic carbocycles. The maximum absolute atomic E-state index is 14.9. The van der Waals surface area contributed by atoms with Crippen molar-refractivity contribution < 1.29 is 28.7 Å². The number of hydrogen-bond acceptors (Lipinski definition) is 6. The third-order valence-corrected chi connectivity index (χ3v) is 17.7. The van der Waals surface area contributed by atoms with Gasteiger partial charge in [0.15, 0.2) is 23.1 Å². The Balaban J connectivity index is 1.57. The molecular formula is C80H98N4O6. The first-order chi connectivity index (χ1) is 41.2. The number of esters is 1. The summed E-state index contributed by atoms with van der Waals surface area (Å²) in [5, 5.41) is 0. The fourth-order valence-corrected chi connectivity index (χ4v) is 12.8. The highest BCUT2D eigenvalue weighted by molar-refractivity contribution is 6.16. The monoisotopic (exact) mass is 1210 g/mol. The number of carbonyl (C=O) groups excluding carboxylic acids is 5. The van der Waals surface area contributed by atoms with Crippen molar-refractivity contribution in [1.82, 2.24) is 19.5 Å². The lowest BCUT2D eigenvalue weighted by Crippen LogP contribution is -2.28. The van der Waals surface area contributed by atoms with Gasteiger partial charge >= 0.3 is 5.97 Å². The third-order valence-electron chi connectivity index (χ3n) is 17.7. The maximum Gasteiger partial charge on any atom is 0.325 e. The zero-order chi connectivity index (χ0) is 66.9. The minimum Gasteiger partial charge on any atom is -0.465 e. The van der Waals surface area contributed by atoms with Gasteiger partial charge in [0.25, 0.3) is 0 Å². The number of nitrogens with one attached hydrogen (secondary N) is 3. The standard InChI is InChI=1S/C80H98N4O6/c1-26-90-64(85)43-84-62-33-34-63(84)68(47-41-54(79(20,21)22)72(89)55(42-47)80(23,24)25)61-32-30-59(83-61)66(45-37-50(75(8,9)10)70(87)51(38-45)76(11,12)13)57-28-27-56(81-57)65(44-35-48(73(2,3)4)69(86)49(36-44)74(5,6)7)58-29-31-60(82-58)67(62)46-39-52(77(14,15)16)71(88)53(40-46)78(17,18)19/h27-42,81-83H,26,43H2,1-25H3. The van der Waals surface area contributed by atoms with E-state index in [4.69, 9.17) is 4.74 Å². The van der Waals surface area contributed by atoms with E-state index in [0.29, 0.717) is 67.4 Å². The number of nitrogens with zero attached hydrogens (tertiary/aromatic N) is 1. The number of aromatic nitrogens is 4. The highest BCUT2D eigenvalue weighted by atomic mass is 16.5. The number of ether oxygens (including phenoxy) is 1. The van der Waals surface area contributed by atoms with Crippen molar-refractivity contribution in [2.24, 2.45) is 43.3 Å². The van der Waals surface area contributed by atoms with Gasteiger partial charge < -0.3 is 24.3 Å². The normalized spacial score (nSPS) is 18.0. The minimum absolute atomic E-state index is 0.0136. The average molecular weight is 1210 g/mol. The highest BCUT2D eigenvalue weighted by Crippen LogP contribution is 2.49. The molecule has 474 valence electrons. The molecule has 0 radical (unpaired) electrons. The second-order valence-corrected chi connectivity index (χ2v) is 33.5. The van der Waals surface area contributed by atoms with Gasteiger partial charge in [0.1, 0.15) is 6.54 Å². The molecule has 9 rings (SSSR count). The van der Waals surface area contributed by atoms with Crippen LogP contribution in [0.1, 0.15) is 219 Å². The Labute approximate surface area is 536 Å². The summed E-state index contributed by atoms with van der Waals surface area (Å²) in [6.45, 7) is 51.6. The molecule has 10 heteroatoms. The van der Waals surface area contributed by atoms with E-state index >= 15 is 0 Å². The van der Waals surface area contributed by atoms with Gasteiger partial charge in [0, 0.05) is 101 Å². The lowest BCUT2D eigenvalue weighted by Gasteiger charge is -2.32. The highest BCUT2D eigenvalue weighted by Gasteiger charge is 2.41. The van der Waals surface area contributed by atoms with E-state index < -0.39 is 49.3 Å². The largest absolute Gasteiger partial charge is 0.465 e. The summed E-state index contributed by atoms with van der Waals surface area (Å²) in [5.74, 6) is -0.448. The van der Waals surface area contributed by atoms with Gasteiger partial charge in [-0.1, -0.05) is 166 Å². The number of Topliss-reactive ketones (excluding diaryl/α,β-unsaturated/α-hetero) is 4. The zero-order valence-corrected chi connectivity index (χ0v) is 58.5. The van der Waals surface area contributed by atoms with Crippen LogP contribution < -0.4 is 0 Å². The van der Waals surface area contributed by atoms with E-state index in [0.717, 1.165) is 67.4 Å². The van der Waals surface area contributed by atoms with Crippen LogP contribution in [0, 0.1) is 43.3 Å². The maximum atomic E-state index is 14.9. The molecule has 0 spiro atoms. The third kappa shape index (κ3) is 12.7. The Morgan fingerprint density at radius 2 is 0.511 bits per heavy atom. The lowest BCUT2D eigenvalue weighted by atomic mass is 9.71. The van der Waals surface area contributed by atoms with Crippen LogP contribution in [0.4, 0.5) is 0 Å². The molecule has 0 saturated heterocycles. The molecule has 0 amide bonds. The van der Waals surface area contributed by atoms with Crippen molar-refractivity contribution in [2.75, 3.05) is 6.61 Å². The Kier molecular flexibility index (Phi) is 16.7. The van der Waals surface area contributed by atoms with Gasteiger partial charge in [-0.15, -0.1) is 0 Å². The molecule has 1 aliphatic heterocycles. The SMILES string of the molecule is CCOC(=O)Cn1c2ccc1C(=C1C=C(C(C)(C)C)C(=O)C(C(C)(C)C)=C1)c1ccc([nH]1)C(=C1C=C(C(C)(C)C)C(=O)C(C(C)(C)C)=C1)c1ccc([nH]1)C(=C1C=C(C(C)(C)C)C(=O)C(C(C)(C)C)=C1)c1ccc([nH]1)C2=C1C=C(C(C)(C)C)C(=O)C(C(C)(C)C)=C1. The molecule has 0 saturated carbocycles. The summed E-state index contributed by atoms with van der Waals surface area (Å²) in [6.07, 6.45) is 16.3. The summed E-state index contributed by atoms with van der Waals surface area (Å²) >= 11 is 0. The van der Waals surface area contributed by atoms with Gasteiger partial charge in [0.05, 0.1) is 18.0 Å². The Bertz CT molecular complexity index is 3760. The molecule has 8 bridgehead atoms. The molecule has 3 N–H and O–H groups in total. The van der Waals surface area contributed by atoms with Crippen molar-refractivity contribution in [1.29, 1.82) is 0 Å². The molecule has 4 aromatic rings. The van der Waals surface area contributed by atoms with Crippen LogP contribution in [0.3, 0.4) is 0 Å². The molecule has 10 nitrogen and oxygen atoms in total. The van der Waals surface area contributed by atoms with Gasteiger partial charge in [-0.2, -0.15) is 0 Å². The van der Waals surface area contributed by atoms with E-state index in [1.165, 1.54) is 0 Å². The Morgan fingerprint density at radius 1 is 0.322 bits per heavy atom. The van der Waals surface area contributed by atoms with Gasteiger partial charge in [0.2, 0.25) is 0 Å². The second kappa shape index (κ2) is 22.5. The molecule has 90 heavy (non-hydrogen) atoms. The zero-order valence-electron chi connectivity index (χ0n) is 58.5.